The minimum atomic E-state index is 0.165. The van der Waals surface area contributed by atoms with Gasteiger partial charge in [0.05, 0.1) is 6.04 Å². The third kappa shape index (κ3) is 3.17. The van der Waals surface area contributed by atoms with Gasteiger partial charge in [-0.15, -0.1) is 0 Å². The summed E-state index contributed by atoms with van der Waals surface area (Å²) in [6, 6.07) is 16.9. The molecule has 2 aromatic rings. The second-order valence-corrected chi connectivity index (χ2v) is 5.57. The molecule has 0 heterocycles. The summed E-state index contributed by atoms with van der Waals surface area (Å²) in [6.45, 7) is 2.67. The largest absolute Gasteiger partial charge is 0.366 e. The quantitative estimate of drug-likeness (QED) is 0.926. The molecule has 0 bridgehead atoms. The van der Waals surface area contributed by atoms with Gasteiger partial charge in [-0.25, -0.2) is 0 Å². The normalized spacial score (nSPS) is 12.2. The third-order valence-electron chi connectivity index (χ3n) is 3.40. The maximum atomic E-state index is 5.98. The average molecular weight is 319 g/mol. The first-order valence-electron chi connectivity index (χ1n) is 6.37. The van der Waals surface area contributed by atoms with Crippen molar-refractivity contribution in [1.82, 2.24) is 0 Å². The van der Waals surface area contributed by atoms with E-state index in [-0.39, 0.29) is 6.04 Å². The molecule has 0 aliphatic rings. The third-order valence-corrected chi connectivity index (χ3v) is 4.12. The monoisotopic (exact) mass is 318 g/mol. The molecule has 0 aromatic heterocycles. The number of nitrogens with zero attached hydrogens (tertiary/aromatic N) is 1. The van der Waals surface area contributed by atoms with Gasteiger partial charge in [-0.1, -0.05) is 51.8 Å². The molecule has 0 aliphatic carbocycles. The first kappa shape index (κ1) is 14.1. The Morgan fingerprint density at radius 1 is 1.11 bits per heavy atom. The number of hydrogen-bond donors (Lipinski definition) is 1. The lowest BCUT2D eigenvalue weighted by Crippen LogP contribution is -2.30. The van der Waals surface area contributed by atoms with Gasteiger partial charge >= 0.3 is 0 Å². The van der Waals surface area contributed by atoms with Gasteiger partial charge < -0.3 is 10.6 Å². The van der Waals surface area contributed by atoms with Crippen LogP contribution in [0.4, 0.5) is 5.69 Å². The molecule has 0 aliphatic heterocycles. The molecule has 3 heteroatoms. The van der Waals surface area contributed by atoms with Crippen molar-refractivity contribution in [3.63, 3.8) is 0 Å². The molecule has 0 saturated heterocycles. The first-order valence-corrected chi connectivity index (χ1v) is 7.16. The highest BCUT2D eigenvalue weighted by Gasteiger charge is 2.17. The van der Waals surface area contributed by atoms with E-state index >= 15 is 0 Å². The number of aryl methyl sites for hydroxylation is 1. The van der Waals surface area contributed by atoms with Crippen molar-refractivity contribution >= 4 is 21.6 Å². The summed E-state index contributed by atoms with van der Waals surface area (Å²) in [6.07, 6.45) is 0. The summed E-state index contributed by atoms with van der Waals surface area (Å²) >= 11 is 3.61. The lowest BCUT2D eigenvalue weighted by molar-refractivity contribution is 0.678. The number of nitrogens with two attached hydrogens (primary N) is 1. The fraction of sp³-hybridized carbons (Fsp3) is 0.250. The van der Waals surface area contributed by atoms with E-state index in [0.717, 1.165) is 4.47 Å². The fourth-order valence-electron chi connectivity index (χ4n) is 2.20. The van der Waals surface area contributed by atoms with E-state index in [1.165, 1.54) is 16.8 Å². The van der Waals surface area contributed by atoms with Crippen molar-refractivity contribution in [3.05, 3.63) is 64.1 Å². The second-order valence-electron chi connectivity index (χ2n) is 4.72. The molecular weight excluding hydrogens is 300 g/mol. The number of halogens is 1. The average Bonchev–Trinajstić information content (AvgIpc) is 2.42. The Labute approximate surface area is 123 Å². The number of rotatable bonds is 4. The molecular formula is C16H19BrN2. The van der Waals surface area contributed by atoms with Crippen molar-refractivity contribution in [2.45, 2.75) is 13.0 Å². The molecule has 2 nitrogen and oxygen atoms in total. The summed E-state index contributed by atoms with van der Waals surface area (Å²) < 4.78 is 1.10. The van der Waals surface area contributed by atoms with Crippen LogP contribution in [0.5, 0.6) is 0 Å². The zero-order chi connectivity index (χ0) is 13.8. The van der Waals surface area contributed by atoms with Crippen molar-refractivity contribution in [1.29, 1.82) is 0 Å². The van der Waals surface area contributed by atoms with Crippen LogP contribution in [-0.2, 0) is 0 Å². The molecule has 0 saturated carbocycles. The van der Waals surface area contributed by atoms with E-state index in [0.29, 0.717) is 6.54 Å². The summed E-state index contributed by atoms with van der Waals surface area (Å²) in [5, 5.41) is 0. The molecule has 19 heavy (non-hydrogen) atoms. The number of benzene rings is 2. The van der Waals surface area contributed by atoms with Crippen molar-refractivity contribution in [3.8, 4) is 0 Å². The Morgan fingerprint density at radius 2 is 1.74 bits per heavy atom. The highest BCUT2D eigenvalue weighted by Crippen LogP contribution is 2.29. The van der Waals surface area contributed by atoms with Crippen molar-refractivity contribution in [2.24, 2.45) is 5.73 Å². The van der Waals surface area contributed by atoms with Gasteiger partial charge in [-0.05, 0) is 30.7 Å². The Kier molecular flexibility index (Phi) is 4.61. The van der Waals surface area contributed by atoms with E-state index in [1.807, 2.05) is 12.1 Å². The molecule has 2 rings (SSSR count). The molecule has 2 N–H and O–H groups in total. The Bertz CT molecular complexity index is 537. The van der Waals surface area contributed by atoms with Crippen LogP contribution in [0.25, 0.3) is 0 Å². The van der Waals surface area contributed by atoms with E-state index in [1.54, 1.807) is 0 Å². The van der Waals surface area contributed by atoms with Crippen LogP contribution in [0.3, 0.4) is 0 Å². The predicted molar refractivity (Wildman–Crippen MR) is 85.5 cm³/mol. The Morgan fingerprint density at radius 3 is 2.32 bits per heavy atom. The van der Waals surface area contributed by atoms with Gasteiger partial charge in [0.15, 0.2) is 0 Å². The molecule has 0 amide bonds. The Balaban J connectivity index is 2.32. The van der Waals surface area contributed by atoms with Crippen LogP contribution in [0.1, 0.15) is 17.2 Å². The predicted octanol–water partition coefficient (Wildman–Crippen LogP) is 3.89. The van der Waals surface area contributed by atoms with Gasteiger partial charge in [0.2, 0.25) is 0 Å². The summed E-state index contributed by atoms with van der Waals surface area (Å²) in [4.78, 5) is 2.22. The summed E-state index contributed by atoms with van der Waals surface area (Å²) in [7, 11) is 2.08. The number of likely N-dealkylation sites (N-methyl/N-ethyl adjacent to an activating group) is 1. The van der Waals surface area contributed by atoms with Crippen LogP contribution in [0.2, 0.25) is 0 Å². The lowest BCUT2D eigenvalue weighted by atomic mass is 10.0. The second kappa shape index (κ2) is 6.22. The zero-order valence-corrected chi connectivity index (χ0v) is 12.9. The van der Waals surface area contributed by atoms with Crippen LogP contribution < -0.4 is 10.6 Å². The van der Waals surface area contributed by atoms with Crippen LogP contribution in [-0.4, -0.2) is 13.6 Å². The van der Waals surface area contributed by atoms with Gasteiger partial charge in [0, 0.05) is 23.8 Å². The Hall–Kier alpha value is -1.32. The summed E-state index contributed by atoms with van der Waals surface area (Å²) in [5.41, 5.74) is 9.64. The highest BCUT2D eigenvalue weighted by atomic mass is 79.9. The van der Waals surface area contributed by atoms with Gasteiger partial charge in [0.1, 0.15) is 0 Å². The smallest absolute Gasteiger partial charge is 0.0672 e. The van der Waals surface area contributed by atoms with E-state index in [9.17, 15) is 0 Å². The molecule has 1 atom stereocenters. The topological polar surface area (TPSA) is 29.3 Å². The van der Waals surface area contributed by atoms with E-state index in [4.69, 9.17) is 5.73 Å². The maximum Gasteiger partial charge on any atom is 0.0672 e. The van der Waals surface area contributed by atoms with E-state index in [2.05, 4.69) is 71.2 Å². The molecule has 100 valence electrons. The van der Waals surface area contributed by atoms with Crippen LogP contribution in [0.15, 0.2) is 53.0 Å². The molecule has 1 unspecified atom stereocenters. The highest BCUT2D eigenvalue weighted by molar-refractivity contribution is 9.10. The van der Waals surface area contributed by atoms with E-state index < -0.39 is 0 Å². The lowest BCUT2D eigenvalue weighted by Gasteiger charge is -2.30. The number of anilines is 1. The zero-order valence-electron chi connectivity index (χ0n) is 11.3. The molecule has 0 spiro atoms. The number of hydrogen-bond acceptors (Lipinski definition) is 2. The first-order chi connectivity index (χ1) is 9.13. The summed E-state index contributed by atoms with van der Waals surface area (Å²) in [5.74, 6) is 0. The molecule has 0 fully saturated rings. The van der Waals surface area contributed by atoms with Gasteiger partial charge in [-0.2, -0.15) is 0 Å². The standard InChI is InChI=1S/C16H19BrN2/c1-12-7-9-13(10-8-12)19(2)16(11-18)14-5-3-4-6-15(14)17/h3-10,16H,11,18H2,1-2H3. The van der Waals surface area contributed by atoms with Gasteiger partial charge in [0.25, 0.3) is 0 Å². The molecule has 0 radical (unpaired) electrons. The van der Waals surface area contributed by atoms with Gasteiger partial charge in [-0.3, -0.25) is 0 Å². The molecule has 2 aromatic carbocycles. The minimum absolute atomic E-state index is 0.165. The van der Waals surface area contributed by atoms with Crippen molar-refractivity contribution in [2.75, 3.05) is 18.5 Å². The minimum Gasteiger partial charge on any atom is -0.366 e. The fourth-order valence-corrected chi connectivity index (χ4v) is 2.75. The van der Waals surface area contributed by atoms with Crippen LogP contribution >= 0.6 is 15.9 Å². The SMILES string of the molecule is Cc1ccc(N(C)C(CN)c2ccccc2Br)cc1. The van der Waals surface area contributed by atoms with Crippen molar-refractivity contribution < 1.29 is 0 Å². The maximum absolute atomic E-state index is 5.98. The van der Waals surface area contributed by atoms with Crippen LogP contribution in [0, 0.1) is 6.92 Å².